The van der Waals surface area contributed by atoms with Crippen molar-refractivity contribution in [1.82, 2.24) is 9.97 Å². The molecule has 0 bridgehead atoms. The van der Waals surface area contributed by atoms with Crippen LogP contribution in [0.1, 0.15) is 28.5 Å². The average molecular weight is 257 g/mol. The summed E-state index contributed by atoms with van der Waals surface area (Å²) in [5.74, 6) is -0.373. The zero-order valence-electron chi connectivity index (χ0n) is 10.6. The highest BCUT2D eigenvalue weighted by molar-refractivity contribution is 5.88. The highest BCUT2D eigenvalue weighted by atomic mass is 16.4. The summed E-state index contributed by atoms with van der Waals surface area (Å²) in [5.41, 5.74) is 2.03. The lowest BCUT2D eigenvalue weighted by molar-refractivity contribution is 0.0696. The van der Waals surface area contributed by atoms with Gasteiger partial charge in [-0.3, -0.25) is 4.98 Å². The summed E-state index contributed by atoms with van der Waals surface area (Å²) in [5, 5.41) is 12.2. The molecule has 0 radical (unpaired) electrons. The molecular weight excluding hydrogens is 242 g/mol. The molecule has 5 heteroatoms. The number of nitrogens with zero attached hydrogens (tertiary/aromatic N) is 2. The van der Waals surface area contributed by atoms with Crippen LogP contribution in [0, 0.1) is 0 Å². The zero-order valence-corrected chi connectivity index (χ0v) is 10.6. The van der Waals surface area contributed by atoms with Crippen molar-refractivity contribution in [3.8, 4) is 0 Å². The first-order valence-corrected chi connectivity index (χ1v) is 6.06. The second-order valence-corrected chi connectivity index (χ2v) is 4.11. The van der Waals surface area contributed by atoms with Gasteiger partial charge in [0.1, 0.15) is 5.82 Å². The van der Waals surface area contributed by atoms with E-state index >= 15 is 0 Å². The number of rotatable bonds is 5. The molecule has 0 fully saturated rings. The van der Waals surface area contributed by atoms with Crippen molar-refractivity contribution in [2.75, 3.05) is 5.32 Å². The average Bonchev–Trinajstić information content (AvgIpc) is 2.45. The van der Waals surface area contributed by atoms with E-state index in [1.807, 2.05) is 19.1 Å². The molecule has 98 valence electrons. The number of aromatic carboxylic acids is 1. The van der Waals surface area contributed by atoms with Gasteiger partial charge >= 0.3 is 5.97 Å². The maximum atomic E-state index is 11.0. The second kappa shape index (κ2) is 5.95. The van der Waals surface area contributed by atoms with Gasteiger partial charge in [0, 0.05) is 24.6 Å². The Kier molecular flexibility index (Phi) is 4.07. The van der Waals surface area contributed by atoms with Crippen molar-refractivity contribution in [3.05, 3.63) is 53.5 Å². The van der Waals surface area contributed by atoms with Crippen molar-refractivity contribution >= 4 is 11.8 Å². The molecule has 0 aliphatic carbocycles. The molecule has 2 heterocycles. The van der Waals surface area contributed by atoms with Crippen LogP contribution in [-0.2, 0) is 13.0 Å². The van der Waals surface area contributed by atoms with Gasteiger partial charge in [0.15, 0.2) is 0 Å². The van der Waals surface area contributed by atoms with Crippen LogP contribution < -0.4 is 5.32 Å². The molecule has 0 amide bonds. The van der Waals surface area contributed by atoms with Gasteiger partial charge in [-0.25, -0.2) is 9.78 Å². The molecule has 0 spiro atoms. The molecule has 19 heavy (non-hydrogen) atoms. The Labute approximate surface area is 111 Å². The summed E-state index contributed by atoms with van der Waals surface area (Å²) in [6.45, 7) is 2.51. The van der Waals surface area contributed by atoms with E-state index in [2.05, 4.69) is 15.3 Å². The Bertz CT molecular complexity index is 570. The van der Waals surface area contributed by atoms with Crippen LogP contribution in [0.5, 0.6) is 0 Å². The Hall–Kier alpha value is -2.43. The van der Waals surface area contributed by atoms with E-state index in [-0.39, 0.29) is 5.56 Å². The smallest absolute Gasteiger partial charge is 0.335 e. The summed E-state index contributed by atoms with van der Waals surface area (Å²) in [6, 6.07) is 6.94. The van der Waals surface area contributed by atoms with E-state index in [0.717, 1.165) is 11.3 Å². The lowest BCUT2D eigenvalue weighted by Gasteiger charge is -2.08. The van der Waals surface area contributed by atoms with Gasteiger partial charge < -0.3 is 10.4 Å². The third-order valence-corrected chi connectivity index (χ3v) is 2.68. The van der Waals surface area contributed by atoms with Crippen molar-refractivity contribution in [2.45, 2.75) is 19.9 Å². The van der Waals surface area contributed by atoms with Crippen LogP contribution in [0.15, 0.2) is 36.7 Å². The maximum absolute atomic E-state index is 11.0. The molecule has 0 aliphatic rings. The molecule has 2 aromatic rings. The minimum atomic E-state index is -0.943. The quantitative estimate of drug-likeness (QED) is 0.860. The molecule has 2 aromatic heterocycles. The summed E-state index contributed by atoms with van der Waals surface area (Å²) < 4.78 is 0. The molecule has 0 unspecified atom stereocenters. The third-order valence-electron chi connectivity index (χ3n) is 2.68. The van der Waals surface area contributed by atoms with Crippen LogP contribution in [0.3, 0.4) is 0 Å². The predicted molar refractivity (Wildman–Crippen MR) is 72.1 cm³/mol. The van der Waals surface area contributed by atoms with E-state index < -0.39 is 5.97 Å². The highest BCUT2D eigenvalue weighted by Crippen LogP contribution is 2.12. The van der Waals surface area contributed by atoms with Gasteiger partial charge in [-0.1, -0.05) is 13.0 Å². The Morgan fingerprint density at radius 1 is 1.42 bits per heavy atom. The number of pyridine rings is 2. The Morgan fingerprint density at radius 2 is 2.26 bits per heavy atom. The van der Waals surface area contributed by atoms with E-state index in [9.17, 15) is 4.79 Å². The Balaban J connectivity index is 2.15. The number of carbonyl (C=O) groups is 1. The summed E-state index contributed by atoms with van der Waals surface area (Å²) in [4.78, 5) is 19.4. The minimum absolute atomic E-state index is 0.250. The minimum Gasteiger partial charge on any atom is -0.478 e. The van der Waals surface area contributed by atoms with Gasteiger partial charge in [0.05, 0.1) is 5.56 Å². The first-order chi connectivity index (χ1) is 9.19. The van der Waals surface area contributed by atoms with Crippen LogP contribution in [0.2, 0.25) is 0 Å². The van der Waals surface area contributed by atoms with Crippen molar-refractivity contribution < 1.29 is 9.90 Å². The first kappa shape index (κ1) is 13.0. The molecule has 2 N–H and O–H groups in total. The molecule has 0 atom stereocenters. The molecule has 0 aromatic carbocycles. The van der Waals surface area contributed by atoms with Gasteiger partial charge in [-0.15, -0.1) is 0 Å². The fourth-order valence-corrected chi connectivity index (χ4v) is 1.68. The molecular formula is C14H15N3O2. The lowest BCUT2D eigenvalue weighted by Crippen LogP contribution is -2.06. The van der Waals surface area contributed by atoms with Crippen LogP contribution >= 0.6 is 0 Å². The number of aryl methyl sites for hydroxylation is 1. The molecule has 2 rings (SSSR count). The number of hydrogen-bond donors (Lipinski definition) is 2. The molecule has 5 nitrogen and oxygen atoms in total. The second-order valence-electron chi connectivity index (χ2n) is 4.11. The largest absolute Gasteiger partial charge is 0.478 e. The van der Waals surface area contributed by atoms with E-state index in [0.29, 0.717) is 18.8 Å². The van der Waals surface area contributed by atoms with Crippen LogP contribution in [-0.4, -0.2) is 21.0 Å². The normalized spacial score (nSPS) is 10.2. The number of nitrogens with one attached hydrogen (secondary N) is 1. The van der Waals surface area contributed by atoms with Crippen molar-refractivity contribution in [3.63, 3.8) is 0 Å². The standard InChI is InChI=1S/C14H15N3O2/c1-2-12-6-11(14(18)19)7-13(17-12)16-9-10-4-3-5-15-8-10/h3-8H,2,9H2,1H3,(H,16,17)(H,18,19). The SMILES string of the molecule is CCc1cc(C(=O)O)cc(NCc2cccnc2)n1. The van der Waals surface area contributed by atoms with Gasteiger partial charge in [-0.2, -0.15) is 0 Å². The van der Waals surface area contributed by atoms with Gasteiger partial charge in [0.25, 0.3) is 0 Å². The number of hydrogen-bond acceptors (Lipinski definition) is 4. The van der Waals surface area contributed by atoms with Crippen LogP contribution in [0.25, 0.3) is 0 Å². The lowest BCUT2D eigenvalue weighted by atomic mass is 10.2. The van der Waals surface area contributed by atoms with Gasteiger partial charge in [0.2, 0.25) is 0 Å². The van der Waals surface area contributed by atoms with Crippen molar-refractivity contribution in [2.24, 2.45) is 0 Å². The van der Waals surface area contributed by atoms with Gasteiger partial charge in [-0.05, 0) is 30.2 Å². The molecule has 0 saturated carbocycles. The molecule has 0 saturated heterocycles. The number of anilines is 1. The fourth-order valence-electron chi connectivity index (χ4n) is 1.68. The highest BCUT2D eigenvalue weighted by Gasteiger charge is 2.07. The van der Waals surface area contributed by atoms with E-state index in [1.54, 1.807) is 18.5 Å². The summed E-state index contributed by atoms with van der Waals surface area (Å²) in [6.07, 6.45) is 4.17. The third kappa shape index (κ3) is 3.51. The predicted octanol–water partition coefficient (Wildman–Crippen LogP) is 2.35. The van der Waals surface area contributed by atoms with Crippen molar-refractivity contribution in [1.29, 1.82) is 0 Å². The maximum Gasteiger partial charge on any atom is 0.335 e. The number of carboxylic acid groups (broad SMARTS) is 1. The number of carboxylic acids is 1. The monoisotopic (exact) mass is 257 g/mol. The summed E-state index contributed by atoms with van der Waals surface area (Å²) >= 11 is 0. The topological polar surface area (TPSA) is 75.1 Å². The van der Waals surface area contributed by atoms with E-state index in [1.165, 1.54) is 6.07 Å². The summed E-state index contributed by atoms with van der Waals surface area (Å²) in [7, 11) is 0. The zero-order chi connectivity index (χ0) is 13.7. The molecule has 0 aliphatic heterocycles. The Morgan fingerprint density at radius 3 is 2.89 bits per heavy atom. The first-order valence-electron chi connectivity index (χ1n) is 6.06. The fraction of sp³-hybridized carbons (Fsp3) is 0.214. The van der Waals surface area contributed by atoms with E-state index in [4.69, 9.17) is 5.11 Å². The number of aromatic nitrogens is 2. The van der Waals surface area contributed by atoms with Crippen LogP contribution in [0.4, 0.5) is 5.82 Å².